The Hall–Kier alpha value is -2.37. The normalized spacial score (nSPS) is 12.1. The molecule has 0 radical (unpaired) electrons. The minimum Gasteiger partial charge on any atom is -0.345 e. The molecule has 0 saturated carbocycles. The first-order valence-corrected chi connectivity index (χ1v) is 5.59. The van der Waals surface area contributed by atoms with Crippen molar-refractivity contribution in [3.63, 3.8) is 0 Å². The zero-order valence-electron chi connectivity index (χ0n) is 10.2. The molecule has 1 heterocycles. The molecular formula is C12H14N4O2. The van der Waals surface area contributed by atoms with Crippen molar-refractivity contribution < 1.29 is 9.59 Å². The van der Waals surface area contributed by atoms with E-state index in [1.807, 2.05) is 24.3 Å². The predicted octanol–water partition coefficient (Wildman–Crippen LogP) is 1.03. The van der Waals surface area contributed by atoms with E-state index in [2.05, 4.69) is 20.6 Å². The van der Waals surface area contributed by atoms with Crippen LogP contribution >= 0.6 is 0 Å². The number of anilines is 1. The van der Waals surface area contributed by atoms with E-state index in [4.69, 9.17) is 0 Å². The summed E-state index contributed by atoms with van der Waals surface area (Å²) in [4.78, 5) is 29.8. The fraction of sp³-hybridized carbons (Fsp3) is 0.250. The zero-order valence-corrected chi connectivity index (χ0v) is 10.2. The fourth-order valence-electron chi connectivity index (χ4n) is 1.61. The number of benzene rings is 1. The number of para-hydroxylation sites is 2. The highest BCUT2D eigenvalue weighted by molar-refractivity contribution is 5.96. The molecule has 0 spiro atoms. The first kappa shape index (κ1) is 12.1. The highest BCUT2D eigenvalue weighted by atomic mass is 16.2. The van der Waals surface area contributed by atoms with Crippen LogP contribution in [0, 0.1) is 0 Å². The average Bonchev–Trinajstić information content (AvgIpc) is 2.69. The number of carbonyl (C=O) groups excluding carboxylic acids is 2. The van der Waals surface area contributed by atoms with Crippen LogP contribution in [-0.4, -0.2) is 27.8 Å². The van der Waals surface area contributed by atoms with Crippen LogP contribution in [0.5, 0.6) is 0 Å². The maximum absolute atomic E-state index is 11.7. The Bertz CT molecular complexity index is 558. The van der Waals surface area contributed by atoms with Gasteiger partial charge in [-0.1, -0.05) is 12.1 Å². The minimum absolute atomic E-state index is 0.248. The third-order valence-corrected chi connectivity index (χ3v) is 2.44. The standard InChI is InChI=1S/C12H14N4O2/c1-7(13-8(2)17)11(18)16-12-14-9-5-3-4-6-10(9)15-12/h3-7H,1-2H3,(H,13,17)(H2,14,15,16,18)/t7-/m1/s1. The van der Waals surface area contributed by atoms with E-state index in [1.165, 1.54) is 6.92 Å². The molecule has 0 aliphatic rings. The molecule has 2 aromatic rings. The molecule has 1 atom stereocenters. The van der Waals surface area contributed by atoms with Gasteiger partial charge in [-0.25, -0.2) is 4.98 Å². The Morgan fingerprint density at radius 2 is 2.06 bits per heavy atom. The monoisotopic (exact) mass is 246 g/mol. The SMILES string of the molecule is CC(=O)N[C@H](C)C(=O)Nc1nc2ccccc2[nH]1. The van der Waals surface area contributed by atoms with E-state index < -0.39 is 6.04 Å². The molecule has 6 heteroatoms. The molecule has 0 aliphatic carbocycles. The Kier molecular flexibility index (Phi) is 3.27. The minimum atomic E-state index is -0.601. The highest BCUT2D eigenvalue weighted by Gasteiger charge is 2.15. The van der Waals surface area contributed by atoms with Gasteiger partial charge < -0.3 is 10.3 Å². The third kappa shape index (κ3) is 2.65. The largest absolute Gasteiger partial charge is 0.345 e. The van der Waals surface area contributed by atoms with E-state index in [1.54, 1.807) is 6.92 Å². The van der Waals surface area contributed by atoms with Crippen molar-refractivity contribution in [2.24, 2.45) is 0 Å². The Morgan fingerprint density at radius 1 is 1.33 bits per heavy atom. The number of rotatable bonds is 3. The zero-order chi connectivity index (χ0) is 13.1. The molecule has 0 bridgehead atoms. The van der Waals surface area contributed by atoms with Gasteiger partial charge in [-0.3, -0.25) is 14.9 Å². The number of hydrogen-bond donors (Lipinski definition) is 3. The van der Waals surface area contributed by atoms with Gasteiger partial charge in [-0.2, -0.15) is 0 Å². The van der Waals surface area contributed by atoms with Gasteiger partial charge in [0.1, 0.15) is 6.04 Å². The van der Waals surface area contributed by atoms with Gasteiger partial charge in [0, 0.05) is 6.92 Å². The summed E-state index contributed by atoms with van der Waals surface area (Å²) in [5.74, 6) is -0.190. The molecule has 2 amide bonds. The lowest BCUT2D eigenvalue weighted by Crippen LogP contribution is -2.40. The first-order chi connectivity index (χ1) is 8.56. The van der Waals surface area contributed by atoms with Crippen LogP contribution in [-0.2, 0) is 9.59 Å². The lowest BCUT2D eigenvalue weighted by molar-refractivity contribution is -0.124. The summed E-state index contributed by atoms with van der Waals surface area (Å²) >= 11 is 0. The molecule has 94 valence electrons. The molecule has 3 N–H and O–H groups in total. The molecule has 0 unspecified atom stereocenters. The third-order valence-electron chi connectivity index (χ3n) is 2.44. The summed E-state index contributed by atoms with van der Waals surface area (Å²) in [6.07, 6.45) is 0. The van der Waals surface area contributed by atoms with E-state index in [9.17, 15) is 9.59 Å². The molecule has 2 rings (SSSR count). The lowest BCUT2D eigenvalue weighted by atomic mass is 10.3. The number of imidazole rings is 1. The highest BCUT2D eigenvalue weighted by Crippen LogP contribution is 2.13. The number of aromatic nitrogens is 2. The summed E-state index contributed by atoms with van der Waals surface area (Å²) in [6, 6.07) is 6.87. The summed E-state index contributed by atoms with van der Waals surface area (Å²) < 4.78 is 0. The topological polar surface area (TPSA) is 86.9 Å². The molecule has 0 aliphatic heterocycles. The van der Waals surface area contributed by atoms with Gasteiger partial charge in [-0.05, 0) is 19.1 Å². The molecule has 1 aromatic heterocycles. The predicted molar refractivity (Wildman–Crippen MR) is 68.0 cm³/mol. The molecule has 1 aromatic carbocycles. The number of amides is 2. The van der Waals surface area contributed by atoms with Crippen LogP contribution in [0.1, 0.15) is 13.8 Å². The van der Waals surface area contributed by atoms with Crippen molar-refractivity contribution in [2.45, 2.75) is 19.9 Å². The van der Waals surface area contributed by atoms with Crippen LogP contribution in [0.4, 0.5) is 5.95 Å². The Balaban J connectivity index is 2.09. The second-order valence-electron chi connectivity index (χ2n) is 4.01. The second-order valence-corrected chi connectivity index (χ2v) is 4.01. The van der Waals surface area contributed by atoms with Gasteiger partial charge in [0.2, 0.25) is 17.8 Å². The van der Waals surface area contributed by atoms with Gasteiger partial charge >= 0.3 is 0 Å². The summed E-state index contributed by atoms with van der Waals surface area (Å²) in [5, 5.41) is 5.12. The molecule has 0 fully saturated rings. The molecular weight excluding hydrogens is 232 g/mol. The van der Waals surface area contributed by atoms with Crippen molar-refractivity contribution in [1.29, 1.82) is 0 Å². The van der Waals surface area contributed by atoms with E-state index in [0.29, 0.717) is 5.95 Å². The van der Waals surface area contributed by atoms with Gasteiger partial charge in [0.25, 0.3) is 0 Å². The van der Waals surface area contributed by atoms with E-state index in [-0.39, 0.29) is 11.8 Å². The number of fused-ring (bicyclic) bond motifs is 1. The first-order valence-electron chi connectivity index (χ1n) is 5.59. The lowest BCUT2D eigenvalue weighted by Gasteiger charge is -2.10. The molecule has 6 nitrogen and oxygen atoms in total. The number of carbonyl (C=O) groups is 2. The number of aromatic amines is 1. The van der Waals surface area contributed by atoms with Crippen molar-refractivity contribution >= 4 is 28.8 Å². The van der Waals surface area contributed by atoms with Gasteiger partial charge in [0.15, 0.2) is 0 Å². The van der Waals surface area contributed by atoms with Crippen molar-refractivity contribution in [2.75, 3.05) is 5.32 Å². The second kappa shape index (κ2) is 4.87. The fourth-order valence-corrected chi connectivity index (χ4v) is 1.61. The van der Waals surface area contributed by atoms with E-state index >= 15 is 0 Å². The van der Waals surface area contributed by atoms with Crippen molar-refractivity contribution in [1.82, 2.24) is 15.3 Å². The Morgan fingerprint density at radius 3 is 2.72 bits per heavy atom. The van der Waals surface area contributed by atoms with E-state index in [0.717, 1.165) is 11.0 Å². The van der Waals surface area contributed by atoms with Gasteiger partial charge in [-0.15, -0.1) is 0 Å². The number of nitrogens with zero attached hydrogens (tertiary/aromatic N) is 1. The van der Waals surface area contributed by atoms with Crippen LogP contribution in [0.3, 0.4) is 0 Å². The van der Waals surface area contributed by atoms with Crippen LogP contribution in [0.2, 0.25) is 0 Å². The van der Waals surface area contributed by atoms with Crippen molar-refractivity contribution in [3.05, 3.63) is 24.3 Å². The Labute approximate surface area is 104 Å². The molecule has 0 saturated heterocycles. The quantitative estimate of drug-likeness (QED) is 0.755. The maximum Gasteiger partial charge on any atom is 0.248 e. The van der Waals surface area contributed by atoms with Crippen LogP contribution < -0.4 is 10.6 Å². The summed E-state index contributed by atoms with van der Waals surface area (Å²) in [6.45, 7) is 2.98. The maximum atomic E-state index is 11.7. The summed E-state index contributed by atoms with van der Waals surface area (Å²) in [7, 11) is 0. The van der Waals surface area contributed by atoms with Crippen molar-refractivity contribution in [3.8, 4) is 0 Å². The smallest absolute Gasteiger partial charge is 0.248 e. The summed E-state index contributed by atoms with van der Waals surface area (Å²) in [5.41, 5.74) is 1.62. The van der Waals surface area contributed by atoms with Crippen LogP contribution in [0.25, 0.3) is 11.0 Å². The number of H-pyrrole nitrogens is 1. The average molecular weight is 246 g/mol. The van der Waals surface area contributed by atoms with Gasteiger partial charge in [0.05, 0.1) is 11.0 Å². The van der Waals surface area contributed by atoms with Crippen LogP contribution in [0.15, 0.2) is 24.3 Å². The molecule has 18 heavy (non-hydrogen) atoms. The number of nitrogens with one attached hydrogen (secondary N) is 3. The number of hydrogen-bond acceptors (Lipinski definition) is 3.